The average Bonchev–Trinajstić information content (AvgIpc) is 2.65. The Morgan fingerprint density at radius 2 is 1.38 bits per heavy atom. The average molecular weight is 360 g/mol. The zero-order chi connectivity index (χ0) is 18.2. The summed E-state index contributed by atoms with van der Waals surface area (Å²) in [6.07, 6.45) is 0. The van der Waals surface area contributed by atoms with E-state index in [1.54, 1.807) is 3.88 Å². The van der Waals surface area contributed by atoms with Crippen molar-refractivity contribution in [1.29, 1.82) is 0 Å². The van der Waals surface area contributed by atoms with Crippen LogP contribution in [0.25, 0.3) is 0 Å². The van der Waals surface area contributed by atoms with Crippen LogP contribution in [0.15, 0.2) is 38.8 Å². The van der Waals surface area contributed by atoms with Crippen LogP contribution in [0, 0.1) is 5.41 Å². The van der Waals surface area contributed by atoms with Gasteiger partial charge in [-0.1, -0.05) is 0 Å². The zero-order valence-electron chi connectivity index (χ0n) is 16.8. The van der Waals surface area contributed by atoms with Gasteiger partial charge in [0.15, 0.2) is 0 Å². The van der Waals surface area contributed by atoms with E-state index in [1.165, 1.54) is 27.8 Å². The first-order valence-electron chi connectivity index (χ1n) is 9.04. The molecule has 130 valence electrons. The van der Waals surface area contributed by atoms with Gasteiger partial charge < -0.3 is 0 Å². The van der Waals surface area contributed by atoms with E-state index in [9.17, 15) is 0 Å². The Kier molecular flexibility index (Phi) is 5.88. The van der Waals surface area contributed by atoms with Crippen molar-refractivity contribution in [3.8, 4) is 5.75 Å². The molecule has 0 saturated heterocycles. The summed E-state index contributed by atoms with van der Waals surface area (Å²) in [4.78, 5) is 0. The summed E-state index contributed by atoms with van der Waals surface area (Å²) in [5, 5.41) is 0. The van der Waals surface area contributed by atoms with Crippen LogP contribution in [0.2, 0.25) is 0 Å². The first kappa shape index (κ1) is 19.5. The van der Waals surface area contributed by atoms with Gasteiger partial charge in [-0.15, -0.1) is 0 Å². The fourth-order valence-corrected chi connectivity index (χ4v) is 5.41. The summed E-state index contributed by atoms with van der Waals surface area (Å²) in [5.41, 5.74) is 7.28. The molecule has 2 rings (SSSR count). The third-order valence-electron chi connectivity index (χ3n) is 5.64. The molecule has 2 heteroatoms. The van der Waals surface area contributed by atoms with Crippen LogP contribution in [0.5, 0.6) is 5.75 Å². The second kappa shape index (κ2) is 7.22. The molecular weight excluding hydrogens is 328 g/mol. The summed E-state index contributed by atoms with van der Waals surface area (Å²) >= 11 is -0.647. The van der Waals surface area contributed by atoms with Crippen LogP contribution in [0.3, 0.4) is 0 Å². The van der Waals surface area contributed by atoms with Crippen LogP contribution in [0.1, 0.15) is 85.3 Å². The topological polar surface area (TPSA) is 9.23 Å². The molecule has 0 amide bonds. The normalized spacial score (nSPS) is 17.3. The second-order valence-corrected chi connectivity index (χ2v) is 9.57. The Morgan fingerprint density at radius 3 is 1.75 bits per heavy atom. The molecular formula is C22H32OTi. The first-order chi connectivity index (χ1) is 11.1. The molecule has 0 radical (unpaired) electrons. The van der Waals surface area contributed by atoms with Crippen molar-refractivity contribution in [3.05, 3.63) is 49.9 Å². The second-order valence-electron chi connectivity index (χ2n) is 8.15. The molecule has 0 fully saturated rings. The monoisotopic (exact) mass is 360 g/mol. The third kappa shape index (κ3) is 3.44. The Morgan fingerprint density at radius 1 is 0.875 bits per heavy atom. The molecule has 0 aromatic heterocycles. The number of para-hydroxylation sites is 1. The van der Waals surface area contributed by atoms with Crippen molar-refractivity contribution in [2.75, 3.05) is 0 Å². The molecule has 0 aliphatic heterocycles. The number of hydrogen-bond donors (Lipinski definition) is 0. The molecule has 0 N–H and O–H groups in total. The molecule has 0 unspecified atom stereocenters. The summed E-state index contributed by atoms with van der Waals surface area (Å²) in [6.45, 7) is 20.5. The maximum absolute atomic E-state index is 6.62. The molecule has 1 aliphatic carbocycles. The van der Waals surface area contributed by atoms with E-state index >= 15 is 0 Å². The van der Waals surface area contributed by atoms with E-state index in [0.717, 1.165) is 5.75 Å². The fourth-order valence-electron chi connectivity index (χ4n) is 3.50. The maximum atomic E-state index is 6.62. The minimum absolute atomic E-state index is 0.152. The Hall–Kier alpha value is -0.786. The van der Waals surface area contributed by atoms with Crippen LogP contribution in [0.4, 0.5) is 0 Å². The molecule has 0 spiro atoms. The predicted molar refractivity (Wildman–Crippen MR) is 100 cm³/mol. The third-order valence-corrected chi connectivity index (χ3v) is 8.00. The van der Waals surface area contributed by atoms with Crippen molar-refractivity contribution >= 4 is 0 Å². The number of benzene rings is 1. The van der Waals surface area contributed by atoms with Gasteiger partial charge in [-0.3, -0.25) is 0 Å². The van der Waals surface area contributed by atoms with Gasteiger partial charge in [0.2, 0.25) is 0 Å². The van der Waals surface area contributed by atoms with Gasteiger partial charge in [0, 0.05) is 0 Å². The van der Waals surface area contributed by atoms with E-state index in [0.29, 0.717) is 11.8 Å². The van der Waals surface area contributed by atoms with Crippen molar-refractivity contribution in [2.24, 2.45) is 5.41 Å². The van der Waals surface area contributed by atoms with Gasteiger partial charge >= 0.3 is 158 Å². The SMILES string of the molecule is CC1=C(C)C(C)(C)[C]([Ti][O]c2c(C(C)C)cccc2C(C)C)=C1C. The van der Waals surface area contributed by atoms with Gasteiger partial charge in [0.1, 0.15) is 0 Å². The van der Waals surface area contributed by atoms with E-state index in [4.69, 9.17) is 3.32 Å². The fraction of sp³-hybridized carbons (Fsp3) is 0.545. The van der Waals surface area contributed by atoms with Crippen LogP contribution in [-0.4, -0.2) is 0 Å². The summed E-state index contributed by atoms with van der Waals surface area (Å²) in [5.74, 6) is 2.12. The van der Waals surface area contributed by atoms with Gasteiger partial charge in [0.25, 0.3) is 0 Å². The van der Waals surface area contributed by atoms with Gasteiger partial charge in [0.05, 0.1) is 0 Å². The van der Waals surface area contributed by atoms with Gasteiger partial charge in [-0.05, 0) is 0 Å². The quantitative estimate of drug-likeness (QED) is 0.516. The predicted octanol–water partition coefficient (Wildman–Crippen LogP) is 6.96. The minimum atomic E-state index is -0.647. The van der Waals surface area contributed by atoms with Crippen LogP contribution < -0.4 is 3.32 Å². The Labute approximate surface area is 158 Å². The standard InChI is InChI=1S/C12H18O.C10H15.Ti/c1-8(2)10-6-5-7-11(9(3)4)12(10)13;1-7-6-10(4,5)9(3)8(7)2;/h5-9,13H,1-4H3;1-5H3;/q;;+1/p-1. The molecule has 1 aromatic rings. The summed E-state index contributed by atoms with van der Waals surface area (Å²) in [6, 6.07) is 6.64. The van der Waals surface area contributed by atoms with E-state index < -0.39 is 19.5 Å². The Bertz CT molecular complexity index is 664. The number of allylic oxidation sites excluding steroid dienone is 4. The first-order valence-corrected chi connectivity index (χ1v) is 10.5. The van der Waals surface area contributed by atoms with Gasteiger partial charge in [-0.25, -0.2) is 0 Å². The van der Waals surface area contributed by atoms with E-state index in [2.05, 4.69) is 80.5 Å². The van der Waals surface area contributed by atoms with E-state index in [-0.39, 0.29) is 5.41 Å². The van der Waals surface area contributed by atoms with Crippen LogP contribution in [-0.2, 0) is 19.5 Å². The molecule has 1 nitrogen and oxygen atoms in total. The Balaban J connectivity index is 2.37. The number of rotatable bonds is 5. The van der Waals surface area contributed by atoms with Crippen molar-refractivity contribution in [2.45, 2.75) is 74.1 Å². The molecule has 0 heterocycles. The molecule has 24 heavy (non-hydrogen) atoms. The van der Waals surface area contributed by atoms with Crippen molar-refractivity contribution in [1.82, 2.24) is 0 Å². The molecule has 0 bridgehead atoms. The molecule has 1 aromatic carbocycles. The van der Waals surface area contributed by atoms with Crippen LogP contribution >= 0.6 is 0 Å². The molecule has 0 atom stereocenters. The summed E-state index contributed by atoms with van der Waals surface area (Å²) < 4.78 is 8.16. The molecule has 1 aliphatic rings. The van der Waals surface area contributed by atoms with Crippen molar-refractivity contribution < 1.29 is 22.9 Å². The van der Waals surface area contributed by atoms with E-state index in [1.807, 2.05) is 0 Å². The number of hydrogen-bond acceptors (Lipinski definition) is 1. The molecule has 0 saturated carbocycles. The van der Waals surface area contributed by atoms with Gasteiger partial charge in [-0.2, -0.15) is 0 Å². The zero-order valence-corrected chi connectivity index (χ0v) is 18.4. The summed E-state index contributed by atoms with van der Waals surface area (Å²) in [7, 11) is 0. The van der Waals surface area contributed by atoms with Crippen molar-refractivity contribution in [3.63, 3.8) is 0 Å².